The molecule has 2 aromatic carbocycles. The van der Waals surface area contributed by atoms with Crippen LogP contribution in [0.15, 0.2) is 54.6 Å². The molecule has 0 saturated carbocycles. The number of hydrogen-bond donors (Lipinski definition) is 0. The minimum absolute atomic E-state index is 0.0988. The second-order valence-electron chi connectivity index (χ2n) is 7.61. The van der Waals surface area contributed by atoms with Gasteiger partial charge in [0, 0.05) is 38.2 Å². The van der Waals surface area contributed by atoms with Crippen LogP contribution < -0.4 is 0 Å². The molecule has 0 aromatic heterocycles. The third kappa shape index (κ3) is 4.54. The number of amides is 2. The highest BCUT2D eigenvalue weighted by Gasteiger charge is 2.30. The SMILES string of the molecule is CC(C)(CC(=O)N1CCN(C(=O)c2cccc(F)c2)CC1)c1ccccc1. The molecule has 1 aliphatic heterocycles. The molecule has 2 amide bonds. The van der Waals surface area contributed by atoms with Gasteiger partial charge in [0.2, 0.25) is 5.91 Å². The molecule has 1 fully saturated rings. The third-order valence-electron chi connectivity index (χ3n) is 5.14. The van der Waals surface area contributed by atoms with Gasteiger partial charge in [0.25, 0.3) is 5.91 Å². The summed E-state index contributed by atoms with van der Waals surface area (Å²) in [6.07, 6.45) is 0.425. The highest BCUT2D eigenvalue weighted by atomic mass is 19.1. The summed E-state index contributed by atoms with van der Waals surface area (Å²) in [5.74, 6) is -0.509. The lowest BCUT2D eigenvalue weighted by Crippen LogP contribution is -2.51. The van der Waals surface area contributed by atoms with Gasteiger partial charge in [-0.05, 0) is 29.2 Å². The van der Waals surface area contributed by atoms with Crippen LogP contribution in [0.1, 0.15) is 36.2 Å². The van der Waals surface area contributed by atoms with Crippen molar-refractivity contribution < 1.29 is 14.0 Å². The summed E-state index contributed by atoms with van der Waals surface area (Å²) in [5, 5.41) is 0. The second kappa shape index (κ2) is 7.91. The average molecular weight is 368 g/mol. The quantitative estimate of drug-likeness (QED) is 0.829. The molecule has 142 valence electrons. The summed E-state index contributed by atoms with van der Waals surface area (Å²) in [6, 6.07) is 15.8. The molecular formula is C22H25FN2O2. The van der Waals surface area contributed by atoms with Gasteiger partial charge in [-0.2, -0.15) is 0 Å². The summed E-state index contributed by atoms with van der Waals surface area (Å²) in [7, 11) is 0. The van der Waals surface area contributed by atoms with E-state index in [2.05, 4.69) is 13.8 Å². The van der Waals surface area contributed by atoms with Crippen molar-refractivity contribution in [3.8, 4) is 0 Å². The van der Waals surface area contributed by atoms with Crippen LogP contribution in [0.3, 0.4) is 0 Å². The molecule has 5 heteroatoms. The first-order valence-corrected chi connectivity index (χ1v) is 9.25. The normalized spacial score (nSPS) is 14.9. The Morgan fingerprint density at radius 1 is 0.926 bits per heavy atom. The first-order chi connectivity index (χ1) is 12.9. The molecule has 0 atom stereocenters. The Labute approximate surface area is 159 Å². The van der Waals surface area contributed by atoms with Crippen molar-refractivity contribution in [2.24, 2.45) is 0 Å². The van der Waals surface area contributed by atoms with Crippen molar-refractivity contribution >= 4 is 11.8 Å². The van der Waals surface area contributed by atoms with E-state index in [1.54, 1.807) is 11.0 Å². The van der Waals surface area contributed by atoms with Crippen LogP contribution in [-0.2, 0) is 10.2 Å². The Hall–Kier alpha value is -2.69. The fourth-order valence-electron chi connectivity index (χ4n) is 3.44. The lowest BCUT2D eigenvalue weighted by Gasteiger charge is -2.36. The van der Waals surface area contributed by atoms with E-state index < -0.39 is 5.82 Å². The topological polar surface area (TPSA) is 40.6 Å². The Balaban J connectivity index is 1.57. The van der Waals surface area contributed by atoms with Crippen molar-refractivity contribution in [1.29, 1.82) is 0 Å². The van der Waals surface area contributed by atoms with Crippen molar-refractivity contribution in [2.45, 2.75) is 25.7 Å². The standard InChI is InChI=1S/C22H25FN2O2/c1-22(2,18-8-4-3-5-9-18)16-20(26)24-11-13-25(14-12-24)21(27)17-7-6-10-19(23)15-17/h3-10,15H,11-14,16H2,1-2H3. The van der Waals surface area contributed by atoms with Crippen molar-refractivity contribution in [3.05, 3.63) is 71.5 Å². The molecule has 0 radical (unpaired) electrons. The van der Waals surface area contributed by atoms with Gasteiger partial charge in [-0.3, -0.25) is 9.59 Å². The minimum Gasteiger partial charge on any atom is -0.339 e. The van der Waals surface area contributed by atoms with E-state index in [9.17, 15) is 14.0 Å². The summed E-state index contributed by atoms with van der Waals surface area (Å²) >= 11 is 0. The average Bonchev–Trinajstić information content (AvgIpc) is 2.68. The molecule has 0 N–H and O–H groups in total. The summed E-state index contributed by atoms with van der Waals surface area (Å²) in [6.45, 7) is 6.09. The van der Waals surface area contributed by atoms with Gasteiger partial charge in [0.1, 0.15) is 5.82 Å². The van der Waals surface area contributed by atoms with E-state index in [4.69, 9.17) is 0 Å². The van der Waals surface area contributed by atoms with Crippen molar-refractivity contribution in [1.82, 2.24) is 9.80 Å². The lowest BCUT2D eigenvalue weighted by molar-refractivity contribution is -0.133. The van der Waals surface area contributed by atoms with Gasteiger partial charge < -0.3 is 9.80 Å². The molecule has 1 heterocycles. The highest BCUT2D eigenvalue weighted by molar-refractivity contribution is 5.94. The zero-order chi connectivity index (χ0) is 19.4. The van der Waals surface area contributed by atoms with E-state index in [1.165, 1.54) is 18.2 Å². The fraction of sp³-hybridized carbons (Fsp3) is 0.364. The lowest BCUT2D eigenvalue weighted by atomic mass is 9.81. The maximum absolute atomic E-state index is 13.3. The number of hydrogen-bond acceptors (Lipinski definition) is 2. The van der Waals surface area contributed by atoms with Crippen molar-refractivity contribution in [2.75, 3.05) is 26.2 Å². The van der Waals surface area contributed by atoms with Gasteiger partial charge in [0.15, 0.2) is 0 Å². The van der Waals surface area contributed by atoms with Crippen molar-refractivity contribution in [3.63, 3.8) is 0 Å². The molecule has 0 bridgehead atoms. The van der Waals surface area contributed by atoms with E-state index in [-0.39, 0.29) is 17.2 Å². The fourth-order valence-corrected chi connectivity index (χ4v) is 3.44. The smallest absolute Gasteiger partial charge is 0.254 e. The Morgan fingerprint density at radius 2 is 1.56 bits per heavy atom. The predicted octanol–water partition coefficient (Wildman–Crippen LogP) is 3.48. The second-order valence-corrected chi connectivity index (χ2v) is 7.61. The van der Waals surface area contributed by atoms with Crippen LogP contribution in [0, 0.1) is 5.82 Å². The Bertz CT molecular complexity index is 812. The van der Waals surface area contributed by atoms with Gasteiger partial charge in [-0.15, -0.1) is 0 Å². The number of carbonyl (C=O) groups excluding carboxylic acids is 2. The molecule has 4 nitrogen and oxygen atoms in total. The number of halogens is 1. The van der Waals surface area contributed by atoms with Gasteiger partial charge >= 0.3 is 0 Å². The molecule has 3 rings (SSSR count). The monoisotopic (exact) mass is 368 g/mol. The molecule has 0 unspecified atom stereocenters. The number of nitrogens with zero attached hydrogens (tertiary/aromatic N) is 2. The Morgan fingerprint density at radius 3 is 2.19 bits per heavy atom. The van der Waals surface area contributed by atoms with Gasteiger partial charge in [-0.25, -0.2) is 4.39 Å². The van der Waals surface area contributed by atoms with E-state index in [0.717, 1.165) is 5.56 Å². The van der Waals surface area contributed by atoms with Crippen LogP contribution in [0.25, 0.3) is 0 Å². The molecule has 1 saturated heterocycles. The minimum atomic E-state index is -0.419. The molecule has 0 spiro atoms. The van der Waals surface area contributed by atoms with Crippen LogP contribution >= 0.6 is 0 Å². The molecule has 0 aliphatic carbocycles. The molecule has 2 aromatic rings. The predicted molar refractivity (Wildman–Crippen MR) is 103 cm³/mol. The van der Waals surface area contributed by atoms with E-state index in [0.29, 0.717) is 38.2 Å². The molecule has 1 aliphatic rings. The number of carbonyl (C=O) groups is 2. The number of piperazine rings is 1. The largest absolute Gasteiger partial charge is 0.339 e. The summed E-state index contributed by atoms with van der Waals surface area (Å²) < 4.78 is 13.3. The summed E-state index contributed by atoms with van der Waals surface area (Å²) in [5.41, 5.74) is 1.24. The highest BCUT2D eigenvalue weighted by Crippen LogP contribution is 2.27. The van der Waals surface area contributed by atoms with E-state index in [1.807, 2.05) is 35.2 Å². The maximum atomic E-state index is 13.3. The molecular weight excluding hydrogens is 343 g/mol. The van der Waals surface area contributed by atoms with Crippen LogP contribution in [0.5, 0.6) is 0 Å². The zero-order valence-corrected chi connectivity index (χ0v) is 15.8. The van der Waals surface area contributed by atoms with Crippen LogP contribution in [0.4, 0.5) is 4.39 Å². The third-order valence-corrected chi connectivity index (χ3v) is 5.14. The Kier molecular flexibility index (Phi) is 5.59. The molecule has 27 heavy (non-hydrogen) atoms. The van der Waals surface area contributed by atoms with Crippen LogP contribution in [-0.4, -0.2) is 47.8 Å². The van der Waals surface area contributed by atoms with Gasteiger partial charge in [-0.1, -0.05) is 50.2 Å². The first kappa shape index (κ1) is 19.1. The van der Waals surface area contributed by atoms with E-state index >= 15 is 0 Å². The zero-order valence-electron chi connectivity index (χ0n) is 15.8. The van der Waals surface area contributed by atoms with Crippen LogP contribution in [0.2, 0.25) is 0 Å². The number of rotatable bonds is 4. The van der Waals surface area contributed by atoms with Gasteiger partial charge in [0.05, 0.1) is 0 Å². The first-order valence-electron chi connectivity index (χ1n) is 9.25. The summed E-state index contributed by atoms with van der Waals surface area (Å²) in [4.78, 5) is 28.8. The maximum Gasteiger partial charge on any atom is 0.254 e. The number of benzene rings is 2.